The van der Waals surface area contributed by atoms with Crippen molar-refractivity contribution in [1.29, 1.82) is 0 Å². The van der Waals surface area contributed by atoms with Gasteiger partial charge in [0.05, 0.1) is 0 Å². The fourth-order valence-electron chi connectivity index (χ4n) is 2.59. The SMILES string of the molecule is O=C1CCCc2c(OCc3cc(F)ccc3Cl)cccc21. The highest BCUT2D eigenvalue weighted by molar-refractivity contribution is 6.31. The Morgan fingerprint density at radius 2 is 2.05 bits per heavy atom. The van der Waals surface area contributed by atoms with Crippen LogP contribution >= 0.6 is 11.6 Å². The molecule has 0 radical (unpaired) electrons. The van der Waals surface area contributed by atoms with Gasteiger partial charge in [0.15, 0.2) is 5.78 Å². The smallest absolute Gasteiger partial charge is 0.163 e. The molecular formula is C17H14ClFO2. The van der Waals surface area contributed by atoms with Gasteiger partial charge in [-0.3, -0.25) is 4.79 Å². The van der Waals surface area contributed by atoms with E-state index >= 15 is 0 Å². The summed E-state index contributed by atoms with van der Waals surface area (Å²) in [6, 6.07) is 9.67. The van der Waals surface area contributed by atoms with E-state index in [1.165, 1.54) is 18.2 Å². The Hall–Kier alpha value is -1.87. The molecule has 0 bridgehead atoms. The number of hydrogen-bond acceptors (Lipinski definition) is 2. The molecule has 1 aliphatic carbocycles. The predicted molar refractivity (Wildman–Crippen MR) is 79.5 cm³/mol. The van der Waals surface area contributed by atoms with Crippen LogP contribution < -0.4 is 4.74 Å². The van der Waals surface area contributed by atoms with Gasteiger partial charge in [0.25, 0.3) is 0 Å². The number of ketones is 1. The largest absolute Gasteiger partial charge is 0.489 e. The summed E-state index contributed by atoms with van der Waals surface area (Å²) >= 11 is 6.03. The second-order valence-corrected chi connectivity index (χ2v) is 5.49. The first-order valence-electron chi connectivity index (χ1n) is 6.87. The topological polar surface area (TPSA) is 26.3 Å². The Bertz CT molecular complexity index is 697. The molecule has 0 fully saturated rings. The van der Waals surface area contributed by atoms with Gasteiger partial charge in [-0.1, -0.05) is 23.7 Å². The third kappa shape index (κ3) is 2.93. The molecule has 108 valence electrons. The average molecular weight is 305 g/mol. The van der Waals surface area contributed by atoms with Gasteiger partial charge >= 0.3 is 0 Å². The third-order valence-corrected chi connectivity index (χ3v) is 4.02. The van der Waals surface area contributed by atoms with Crippen molar-refractivity contribution >= 4 is 17.4 Å². The monoisotopic (exact) mass is 304 g/mol. The van der Waals surface area contributed by atoms with Crippen molar-refractivity contribution in [1.82, 2.24) is 0 Å². The summed E-state index contributed by atoms with van der Waals surface area (Å²) in [5, 5.41) is 0.470. The van der Waals surface area contributed by atoms with E-state index in [1.54, 1.807) is 0 Å². The van der Waals surface area contributed by atoms with Crippen LogP contribution in [-0.4, -0.2) is 5.78 Å². The van der Waals surface area contributed by atoms with Gasteiger partial charge < -0.3 is 4.74 Å². The summed E-state index contributed by atoms with van der Waals surface area (Å²) in [5.74, 6) is 0.495. The molecule has 4 heteroatoms. The lowest BCUT2D eigenvalue weighted by molar-refractivity contribution is 0.0971. The van der Waals surface area contributed by atoms with Crippen molar-refractivity contribution in [2.24, 2.45) is 0 Å². The van der Waals surface area contributed by atoms with E-state index in [4.69, 9.17) is 16.3 Å². The number of carbonyl (C=O) groups is 1. The van der Waals surface area contributed by atoms with E-state index in [1.807, 2.05) is 18.2 Å². The Morgan fingerprint density at radius 3 is 2.90 bits per heavy atom. The molecule has 0 unspecified atom stereocenters. The molecule has 0 N–H and O–H groups in total. The van der Waals surface area contributed by atoms with Crippen molar-refractivity contribution in [2.45, 2.75) is 25.9 Å². The van der Waals surface area contributed by atoms with E-state index < -0.39 is 0 Å². The zero-order chi connectivity index (χ0) is 14.8. The van der Waals surface area contributed by atoms with Crippen molar-refractivity contribution < 1.29 is 13.9 Å². The Kier molecular flexibility index (Phi) is 3.93. The van der Waals surface area contributed by atoms with E-state index in [-0.39, 0.29) is 18.2 Å². The first kappa shape index (κ1) is 14.1. The Balaban J connectivity index is 1.84. The molecule has 0 spiro atoms. The van der Waals surface area contributed by atoms with Gasteiger partial charge in [0, 0.05) is 28.1 Å². The summed E-state index contributed by atoms with van der Waals surface area (Å²) in [5.41, 5.74) is 2.28. The average Bonchev–Trinajstić information content (AvgIpc) is 2.49. The highest BCUT2D eigenvalue weighted by Crippen LogP contribution is 2.30. The number of Topliss-reactive ketones (excluding diaryl/α,β-unsaturated/α-hetero) is 1. The van der Waals surface area contributed by atoms with Crippen LogP contribution in [0.25, 0.3) is 0 Å². The summed E-state index contributed by atoms with van der Waals surface area (Å²) < 4.78 is 19.0. The van der Waals surface area contributed by atoms with Crippen LogP contribution in [0.15, 0.2) is 36.4 Å². The molecule has 2 aromatic rings. The molecule has 2 nitrogen and oxygen atoms in total. The quantitative estimate of drug-likeness (QED) is 0.830. The molecule has 21 heavy (non-hydrogen) atoms. The molecular weight excluding hydrogens is 291 g/mol. The third-order valence-electron chi connectivity index (χ3n) is 3.66. The second-order valence-electron chi connectivity index (χ2n) is 5.08. The minimum absolute atomic E-state index is 0.158. The number of rotatable bonds is 3. The van der Waals surface area contributed by atoms with Crippen LogP contribution in [0, 0.1) is 5.82 Å². The second kappa shape index (κ2) is 5.86. The maximum absolute atomic E-state index is 13.2. The minimum Gasteiger partial charge on any atom is -0.489 e. The zero-order valence-corrected chi connectivity index (χ0v) is 12.1. The van der Waals surface area contributed by atoms with Crippen LogP contribution in [0.5, 0.6) is 5.75 Å². The van der Waals surface area contributed by atoms with Crippen LogP contribution in [0.2, 0.25) is 5.02 Å². The number of benzene rings is 2. The first-order valence-corrected chi connectivity index (χ1v) is 7.25. The van der Waals surface area contributed by atoms with Gasteiger partial charge in [0.2, 0.25) is 0 Å². The molecule has 0 amide bonds. The van der Waals surface area contributed by atoms with Gasteiger partial charge in [0.1, 0.15) is 18.2 Å². The highest BCUT2D eigenvalue weighted by Gasteiger charge is 2.20. The molecule has 3 rings (SSSR count). The van der Waals surface area contributed by atoms with Gasteiger partial charge in [-0.2, -0.15) is 0 Å². The molecule has 0 atom stereocenters. The number of carbonyl (C=O) groups excluding carboxylic acids is 1. The van der Waals surface area contributed by atoms with Crippen LogP contribution in [0.3, 0.4) is 0 Å². The molecule has 1 aliphatic rings. The first-order chi connectivity index (χ1) is 10.1. The van der Waals surface area contributed by atoms with Crippen LogP contribution in [0.1, 0.15) is 34.3 Å². The van der Waals surface area contributed by atoms with E-state index in [0.29, 0.717) is 22.8 Å². The molecule has 0 heterocycles. The number of hydrogen-bond donors (Lipinski definition) is 0. The normalized spacial score (nSPS) is 13.9. The van der Waals surface area contributed by atoms with Crippen molar-refractivity contribution in [2.75, 3.05) is 0 Å². The van der Waals surface area contributed by atoms with Crippen molar-refractivity contribution in [3.63, 3.8) is 0 Å². The standard InChI is InChI=1S/C17H14ClFO2/c18-15-8-7-12(19)9-11(15)10-21-17-6-2-3-13-14(17)4-1-5-16(13)20/h2-3,6-9H,1,4-5,10H2. The summed E-state index contributed by atoms with van der Waals surface area (Å²) in [4.78, 5) is 11.9. The van der Waals surface area contributed by atoms with Crippen LogP contribution in [0.4, 0.5) is 4.39 Å². The predicted octanol–water partition coefficient (Wildman–Crippen LogP) is 4.58. The summed E-state index contributed by atoms with van der Waals surface area (Å²) in [6.45, 7) is 0.182. The van der Waals surface area contributed by atoms with Gasteiger partial charge in [-0.15, -0.1) is 0 Å². The summed E-state index contributed by atoms with van der Waals surface area (Å²) in [7, 11) is 0. The molecule has 0 saturated carbocycles. The number of halogens is 2. The molecule has 0 aliphatic heterocycles. The van der Waals surface area contributed by atoms with Gasteiger partial charge in [-0.05, 0) is 37.1 Å². The van der Waals surface area contributed by atoms with Crippen LogP contribution in [-0.2, 0) is 13.0 Å². The number of fused-ring (bicyclic) bond motifs is 1. The lowest BCUT2D eigenvalue weighted by Gasteiger charge is -2.18. The number of ether oxygens (including phenoxy) is 1. The van der Waals surface area contributed by atoms with Crippen molar-refractivity contribution in [3.8, 4) is 5.75 Å². The zero-order valence-electron chi connectivity index (χ0n) is 11.4. The fourth-order valence-corrected chi connectivity index (χ4v) is 2.76. The maximum Gasteiger partial charge on any atom is 0.163 e. The minimum atomic E-state index is -0.344. The molecule has 0 saturated heterocycles. The fraction of sp³-hybridized carbons (Fsp3) is 0.235. The molecule has 2 aromatic carbocycles. The lowest BCUT2D eigenvalue weighted by Crippen LogP contribution is -2.12. The van der Waals surface area contributed by atoms with E-state index in [2.05, 4.69) is 0 Å². The Morgan fingerprint density at radius 1 is 1.19 bits per heavy atom. The molecule has 0 aromatic heterocycles. The van der Waals surface area contributed by atoms with E-state index in [9.17, 15) is 9.18 Å². The highest BCUT2D eigenvalue weighted by atomic mass is 35.5. The van der Waals surface area contributed by atoms with Crippen molar-refractivity contribution in [3.05, 3.63) is 63.9 Å². The Labute approximate surface area is 127 Å². The summed E-state index contributed by atoms with van der Waals surface area (Å²) in [6.07, 6.45) is 2.26. The van der Waals surface area contributed by atoms with E-state index in [0.717, 1.165) is 24.0 Å². The lowest BCUT2D eigenvalue weighted by atomic mass is 9.90. The maximum atomic E-state index is 13.2. The van der Waals surface area contributed by atoms with Gasteiger partial charge in [-0.25, -0.2) is 4.39 Å².